The number of aromatic nitrogens is 2. The van der Waals surface area contributed by atoms with Gasteiger partial charge in [0.25, 0.3) is 5.91 Å². The van der Waals surface area contributed by atoms with Crippen LogP contribution in [0.3, 0.4) is 0 Å². The Morgan fingerprint density at radius 2 is 2.10 bits per heavy atom. The Kier molecular flexibility index (Phi) is 3.51. The number of carbonyl (C=O) groups is 2. The van der Waals surface area contributed by atoms with Crippen molar-refractivity contribution in [2.24, 2.45) is 7.05 Å². The van der Waals surface area contributed by atoms with Gasteiger partial charge < -0.3 is 10.4 Å². The first-order valence-corrected chi connectivity index (χ1v) is 5.73. The molecule has 0 fully saturated rings. The molecule has 6 nitrogen and oxygen atoms in total. The van der Waals surface area contributed by atoms with E-state index in [1.807, 2.05) is 0 Å². The van der Waals surface area contributed by atoms with Gasteiger partial charge in [0, 0.05) is 12.7 Å². The van der Waals surface area contributed by atoms with E-state index in [0.29, 0.717) is 11.3 Å². The summed E-state index contributed by atoms with van der Waals surface area (Å²) in [4.78, 5) is 23.1. The largest absolute Gasteiger partial charge is 0.478 e. The van der Waals surface area contributed by atoms with Crippen molar-refractivity contribution in [3.8, 4) is 0 Å². The van der Waals surface area contributed by atoms with E-state index >= 15 is 0 Å². The van der Waals surface area contributed by atoms with Gasteiger partial charge in [0.1, 0.15) is 11.4 Å². The summed E-state index contributed by atoms with van der Waals surface area (Å²) in [5.74, 6) is -2.89. The summed E-state index contributed by atoms with van der Waals surface area (Å²) >= 11 is 0. The molecule has 2 aromatic rings. The number of hydrogen-bond acceptors (Lipinski definition) is 3. The Morgan fingerprint density at radius 3 is 2.65 bits per heavy atom. The van der Waals surface area contributed by atoms with Crippen LogP contribution in [0, 0.1) is 12.7 Å². The van der Waals surface area contributed by atoms with Crippen LogP contribution in [0.25, 0.3) is 0 Å². The van der Waals surface area contributed by atoms with E-state index in [1.165, 1.54) is 23.0 Å². The molecule has 0 saturated carbocycles. The molecule has 1 aromatic heterocycles. The van der Waals surface area contributed by atoms with Crippen LogP contribution in [0.1, 0.15) is 26.4 Å². The maximum Gasteiger partial charge on any atom is 0.340 e. The lowest BCUT2D eigenvalue weighted by molar-refractivity contribution is 0.0693. The Hall–Kier alpha value is -2.70. The zero-order valence-corrected chi connectivity index (χ0v) is 10.8. The molecule has 0 spiro atoms. The van der Waals surface area contributed by atoms with Crippen LogP contribution in [-0.2, 0) is 7.05 Å². The minimum absolute atomic E-state index is 0.0919. The van der Waals surface area contributed by atoms with Crippen molar-refractivity contribution < 1.29 is 19.1 Å². The summed E-state index contributed by atoms with van der Waals surface area (Å²) < 4.78 is 15.0. The highest BCUT2D eigenvalue weighted by molar-refractivity contribution is 6.08. The predicted molar refractivity (Wildman–Crippen MR) is 69.3 cm³/mol. The zero-order valence-electron chi connectivity index (χ0n) is 10.8. The number of rotatable bonds is 3. The predicted octanol–water partition coefficient (Wildman–Crippen LogP) is 1.82. The molecule has 1 aromatic carbocycles. The molecule has 0 aliphatic carbocycles. The monoisotopic (exact) mass is 277 g/mol. The van der Waals surface area contributed by atoms with E-state index in [9.17, 15) is 14.0 Å². The summed E-state index contributed by atoms with van der Waals surface area (Å²) in [6.45, 7) is 1.70. The average Bonchev–Trinajstić information content (AvgIpc) is 2.69. The van der Waals surface area contributed by atoms with Gasteiger partial charge >= 0.3 is 5.97 Å². The fraction of sp³-hybridized carbons (Fsp3) is 0.154. The molecule has 1 heterocycles. The second kappa shape index (κ2) is 5.12. The number of carbonyl (C=O) groups excluding carboxylic acids is 1. The Labute approximate surface area is 113 Å². The molecule has 0 radical (unpaired) electrons. The van der Waals surface area contributed by atoms with Gasteiger partial charge in [0.15, 0.2) is 0 Å². The summed E-state index contributed by atoms with van der Waals surface area (Å²) in [7, 11) is 1.68. The van der Waals surface area contributed by atoms with Crippen LogP contribution in [-0.4, -0.2) is 26.8 Å². The Morgan fingerprint density at radius 1 is 1.40 bits per heavy atom. The van der Waals surface area contributed by atoms with Gasteiger partial charge in [0.2, 0.25) is 0 Å². The lowest BCUT2D eigenvalue weighted by Crippen LogP contribution is -2.16. The number of hydrogen-bond donors (Lipinski definition) is 2. The Bertz CT molecular complexity index is 694. The summed E-state index contributed by atoms with van der Waals surface area (Å²) in [5.41, 5.74) is 0.261. The van der Waals surface area contributed by atoms with Crippen molar-refractivity contribution in [3.05, 3.63) is 47.0 Å². The molecule has 0 unspecified atom stereocenters. The number of anilines is 1. The lowest BCUT2D eigenvalue weighted by Gasteiger charge is -2.08. The number of aryl methyl sites for hydroxylation is 1. The summed E-state index contributed by atoms with van der Waals surface area (Å²) in [6, 6.07) is 3.68. The highest BCUT2D eigenvalue weighted by Gasteiger charge is 2.19. The lowest BCUT2D eigenvalue weighted by atomic mass is 10.1. The number of benzene rings is 1. The van der Waals surface area contributed by atoms with Crippen molar-refractivity contribution >= 4 is 17.6 Å². The molecule has 0 atom stereocenters. The van der Waals surface area contributed by atoms with E-state index in [0.717, 1.165) is 6.07 Å². The fourth-order valence-electron chi connectivity index (χ4n) is 1.76. The van der Waals surface area contributed by atoms with Crippen molar-refractivity contribution in [3.63, 3.8) is 0 Å². The molecule has 0 saturated heterocycles. The van der Waals surface area contributed by atoms with E-state index in [-0.39, 0.29) is 5.69 Å². The Balaban J connectivity index is 2.36. The minimum atomic E-state index is -1.44. The number of nitrogens with one attached hydrogen (secondary N) is 1. The first kappa shape index (κ1) is 13.7. The quantitative estimate of drug-likeness (QED) is 0.896. The van der Waals surface area contributed by atoms with E-state index in [4.69, 9.17) is 5.11 Å². The standard InChI is InChI=1S/C13H12FN3O3/c1-7-8(6-15-17(7)2)12(18)16-10-5-3-4-9(14)11(10)13(19)20/h3-6H,1-2H3,(H,16,18)(H,19,20). The number of halogens is 1. The van der Waals surface area contributed by atoms with Gasteiger partial charge in [-0.1, -0.05) is 6.07 Å². The van der Waals surface area contributed by atoms with Gasteiger partial charge in [0.05, 0.1) is 17.4 Å². The SMILES string of the molecule is Cc1c(C(=O)Nc2cccc(F)c2C(=O)O)cnn1C. The van der Waals surface area contributed by atoms with E-state index in [1.54, 1.807) is 14.0 Å². The second-order valence-electron chi connectivity index (χ2n) is 4.19. The molecule has 20 heavy (non-hydrogen) atoms. The molecule has 0 aliphatic heterocycles. The third-order valence-corrected chi connectivity index (χ3v) is 2.96. The maximum atomic E-state index is 13.5. The van der Waals surface area contributed by atoms with Crippen LogP contribution in [0.15, 0.2) is 24.4 Å². The molecular weight excluding hydrogens is 265 g/mol. The third-order valence-electron chi connectivity index (χ3n) is 2.96. The highest BCUT2D eigenvalue weighted by atomic mass is 19.1. The number of carboxylic acid groups (broad SMARTS) is 1. The summed E-state index contributed by atoms with van der Waals surface area (Å²) in [5, 5.41) is 15.3. The van der Waals surface area contributed by atoms with E-state index in [2.05, 4.69) is 10.4 Å². The van der Waals surface area contributed by atoms with Crippen LogP contribution in [0.5, 0.6) is 0 Å². The number of amides is 1. The molecule has 104 valence electrons. The van der Waals surface area contributed by atoms with Gasteiger partial charge in [-0.2, -0.15) is 5.10 Å². The zero-order chi connectivity index (χ0) is 14.9. The molecular formula is C13H12FN3O3. The first-order valence-electron chi connectivity index (χ1n) is 5.73. The molecule has 2 N–H and O–H groups in total. The molecule has 1 amide bonds. The third kappa shape index (κ3) is 2.37. The van der Waals surface area contributed by atoms with Crippen LogP contribution in [0.4, 0.5) is 10.1 Å². The van der Waals surface area contributed by atoms with Crippen molar-refractivity contribution in [1.29, 1.82) is 0 Å². The van der Waals surface area contributed by atoms with E-state index < -0.39 is 23.3 Å². The summed E-state index contributed by atoms with van der Waals surface area (Å²) in [6.07, 6.45) is 1.37. The number of aromatic carboxylic acids is 1. The molecule has 0 aliphatic rings. The normalized spacial score (nSPS) is 10.3. The van der Waals surface area contributed by atoms with Crippen molar-refractivity contribution in [2.75, 3.05) is 5.32 Å². The highest BCUT2D eigenvalue weighted by Crippen LogP contribution is 2.20. The number of carboxylic acids is 1. The molecule has 2 rings (SSSR count). The van der Waals surface area contributed by atoms with Crippen molar-refractivity contribution in [2.45, 2.75) is 6.92 Å². The van der Waals surface area contributed by atoms with Crippen molar-refractivity contribution in [1.82, 2.24) is 9.78 Å². The minimum Gasteiger partial charge on any atom is -0.478 e. The topological polar surface area (TPSA) is 84.2 Å². The van der Waals surface area contributed by atoms with Crippen LogP contribution >= 0.6 is 0 Å². The average molecular weight is 277 g/mol. The first-order chi connectivity index (χ1) is 9.41. The van der Waals surface area contributed by atoms with Crippen LogP contribution < -0.4 is 5.32 Å². The fourth-order valence-corrected chi connectivity index (χ4v) is 1.76. The van der Waals surface area contributed by atoms with Gasteiger partial charge in [-0.15, -0.1) is 0 Å². The van der Waals surface area contributed by atoms with Crippen LogP contribution in [0.2, 0.25) is 0 Å². The van der Waals surface area contributed by atoms with Gasteiger partial charge in [-0.25, -0.2) is 9.18 Å². The smallest absolute Gasteiger partial charge is 0.340 e. The molecule has 7 heteroatoms. The number of nitrogens with zero attached hydrogens (tertiary/aromatic N) is 2. The maximum absolute atomic E-state index is 13.5. The van der Waals surface area contributed by atoms with Gasteiger partial charge in [-0.05, 0) is 19.1 Å². The van der Waals surface area contributed by atoms with Gasteiger partial charge in [-0.3, -0.25) is 9.48 Å². The second-order valence-corrected chi connectivity index (χ2v) is 4.19. The molecule has 0 bridgehead atoms.